The van der Waals surface area contributed by atoms with E-state index in [1.807, 2.05) is 43.3 Å². The Labute approximate surface area is 196 Å². The fourth-order valence-corrected chi connectivity index (χ4v) is 4.44. The largest absolute Gasteiger partial charge is 0.497 e. The van der Waals surface area contributed by atoms with Gasteiger partial charge in [0.05, 0.1) is 13.5 Å². The van der Waals surface area contributed by atoms with Crippen LogP contribution in [0.15, 0.2) is 48.5 Å². The molecule has 1 saturated carbocycles. The summed E-state index contributed by atoms with van der Waals surface area (Å²) in [6, 6.07) is 14.6. The van der Waals surface area contributed by atoms with Crippen molar-refractivity contribution < 1.29 is 14.3 Å². The zero-order valence-electron chi connectivity index (χ0n) is 19.0. The summed E-state index contributed by atoms with van der Waals surface area (Å²) in [4.78, 5) is 28.4. The molecular formula is C26H33ClN2O3. The first kappa shape index (κ1) is 24.1. The molecule has 172 valence electrons. The molecule has 1 fully saturated rings. The number of benzene rings is 2. The second kappa shape index (κ2) is 11.9. The maximum absolute atomic E-state index is 13.4. The van der Waals surface area contributed by atoms with Gasteiger partial charge in [-0.15, -0.1) is 0 Å². The number of methoxy groups -OCH3 is 1. The van der Waals surface area contributed by atoms with Gasteiger partial charge in [-0.3, -0.25) is 9.59 Å². The van der Waals surface area contributed by atoms with Gasteiger partial charge in [-0.1, -0.05) is 62.1 Å². The molecule has 0 aliphatic heterocycles. The van der Waals surface area contributed by atoms with Crippen molar-refractivity contribution in [3.05, 3.63) is 64.7 Å². The number of carbonyl (C=O) groups is 2. The van der Waals surface area contributed by atoms with Gasteiger partial charge in [0.2, 0.25) is 11.8 Å². The van der Waals surface area contributed by atoms with Crippen LogP contribution < -0.4 is 10.1 Å². The van der Waals surface area contributed by atoms with E-state index < -0.39 is 6.04 Å². The summed E-state index contributed by atoms with van der Waals surface area (Å²) < 4.78 is 5.34. The van der Waals surface area contributed by atoms with Crippen LogP contribution in [0.1, 0.15) is 56.6 Å². The van der Waals surface area contributed by atoms with Crippen LogP contribution >= 0.6 is 11.6 Å². The summed E-state index contributed by atoms with van der Waals surface area (Å²) in [5, 5.41) is 3.84. The predicted octanol–water partition coefficient (Wildman–Crippen LogP) is 5.15. The first-order valence-corrected chi connectivity index (χ1v) is 11.8. The third kappa shape index (κ3) is 6.73. The van der Waals surface area contributed by atoms with E-state index in [4.69, 9.17) is 16.3 Å². The van der Waals surface area contributed by atoms with E-state index in [0.717, 1.165) is 42.6 Å². The smallest absolute Gasteiger partial charge is 0.243 e. The molecule has 3 rings (SSSR count). The van der Waals surface area contributed by atoms with Gasteiger partial charge in [0.25, 0.3) is 0 Å². The number of nitrogens with one attached hydrogen (secondary N) is 1. The Morgan fingerprint density at radius 2 is 1.81 bits per heavy atom. The lowest BCUT2D eigenvalue weighted by Crippen LogP contribution is -2.51. The molecule has 0 unspecified atom stereocenters. The van der Waals surface area contributed by atoms with Crippen LogP contribution in [0.3, 0.4) is 0 Å². The minimum absolute atomic E-state index is 0.0632. The molecule has 0 spiro atoms. The maximum Gasteiger partial charge on any atom is 0.243 e. The topological polar surface area (TPSA) is 58.6 Å². The van der Waals surface area contributed by atoms with Crippen LogP contribution in [0.25, 0.3) is 0 Å². The average Bonchev–Trinajstić information content (AvgIpc) is 2.81. The molecule has 1 atom stereocenters. The highest BCUT2D eigenvalue weighted by molar-refractivity contribution is 6.30. The molecule has 0 heterocycles. The van der Waals surface area contributed by atoms with Crippen molar-refractivity contribution in [3.8, 4) is 5.75 Å². The Balaban J connectivity index is 1.81. The van der Waals surface area contributed by atoms with E-state index in [9.17, 15) is 9.59 Å². The van der Waals surface area contributed by atoms with Gasteiger partial charge in [-0.05, 0) is 54.7 Å². The van der Waals surface area contributed by atoms with Crippen molar-refractivity contribution in [1.29, 1.82) is 0 Å². The van der Waals surface area contributed by atoms with E-state index in [1.54, 1.807) is 24.1 Å². The van der Waals surface area contributed by atoms with Crippen molar-refractivity contribution in [3.63, 3.8) is 0 Å². The number of ether oxygens (including phenoxy) is 1. The number of carbonyl (C=O) groups excluding carboxylic acids is 2. The lowest BCUT2D eigenvalue weighted by atomic mass is 9.95. The number of amides is 2. The Kier molecular flexibility index (Phi) is 8.98. The standard InChI is InChI=1S/C26H33ClN2O3/c1-3-24(26(31)28-22-9-5-4-6-10-22)29(18-20-8-7-11-23(16-20)32-2)25(30)17-19-12-14-21(27)15-13-19/h7-8,11-16,22,24H,3-6,9-10,17-18H2,1-2H3,(H,28,31)/t24-/m0/s1. The van der Waals surface area contributed by atoms with E-state index in [1.165, 1.54) is 6.42 Å². The number of hydrogen-bond donors (Lipinski definition) is 1. The van der Waals surface area contributed by atoms with Gasteiger partial charge < -0.3 is 15.0 Å². The summed E-state index contributed by atoms with van der Waals surface area (Å²) in [5.74, 6) is 0.583. The first-order valence-electron chi connectivity index (χ1n) is 11.5. The van der Waals surface area contributed by atoms with Gasteiger partial charge in [-0.2, -0.15) is 0 Å². The summed E-state index contributed by atoms with van der Waals surface area (Å²) in [6.45, 7) is 2.31. The number of hydrogen-bond acceptors (Lipinski definition) is 3. The van der Waals surface area contributed by atoms with E-state index in [2.05, 4.69) is 5.32 Å². The van der Waals surface area contributed by atoms with E-state index in [-0.39, 0.29) is 24.3 Å². The Hall–Kier alpha value is -2.53. The zero-order chi connectivity index (χ0) is 22.9. The molecule has 1 N–H and O–H groups in total. The van der Waals surface area contributed by atoms with Crippen LogP contribution in [0.4, 0.5) is 0 Å². The van der Waals surface area contributed by atoms with Crippen LogP contribution in [0.5, 0.6) is 5.75 Å². The molecule has 0 saturated heterocycles. The van der Waals surface area contributed by atoms with Gasteiger partial charge in [0, 0.05) is 17.6 Å². The molecule has 0 aromatic heterocycles. The second-order valence-electron chi connectivity index (χ2n) is 8.44. The van der Waals surface area contributed by atoms with Gasteiger partial charge in [0.1, 0.15) is 11.8 Å². The zero-order valence-corrected chi connectivity index (χ0v) is 19.7. The van der Waals surface area contributed by atoms with E-state index in [0.29, 0.717) is 18.0 Å². The summed E-state index contributed by atoms with van der Waals surface area (Å²) in [7, 11) is 1.62. The first-order chi connectivity index (χ1) is 15.5. The van der Waals surface area contributed by atoms with Crippen LogP contribution in [0.2, 0.25) is 5.02 Å². The molecule has 1 aliphatic carbocycles. The molecule has 2 aromatic rings. The third-order valence-corrected chi connectivity index (χ3v) is 6.35. The normalized spacial score (nSPS) is 15.1. The molecule has 32 heavy (non-hydrogen) atoms. The lowest BCUT2D eigenvalue weighted by Gasteiger charge is -2.33. The van der Waals surface area contributed by atoms with Crippen LogP contribution in [-0.2, 0) is 22.6 Å². The van der Waals surface area contributed by atoms with Gasteiger partial charge >= 0.3 is 0 Å². The number of nitrogens with zero attached hydrogens (tertiary/aromatic N) is 1. The fraction of sp³-hybridized carbons (Fsp3) is 0.462. The summed E-state index contributed by atoms with van der Waals surface area (Å²) in [6.07, 6.45) is 6.30. The van der Waals surface area contributed by atoms with Crippen molar-refractivity contribution in [1.82, 2.24) is 10.2 Å². The minimum Gasteiger partial charge on any atom is -0.497 e. The van der Waals surface area contributed by atoms with E-state index >= 15 is 0 Å². The number of halogens is 1. The Morgan fingerprint density at radius 1 is 1.09 bits per heavy atom. The monoisotopic (exact) mass is 456 g/mol. The summed E-state index contributed by atoms with van der Waals surface area (Å²) in [5.41, 5.74) is 1.80. The fourth-order valence-electron chi connectivity index (χ4n) is 4.31. The highest BCUT2D eigenvalue weighted by atomic mass is 35.5. The highest BCUT2D eigenvalue weighted by Crippen LogP contribution is 2.21. The predicted molar refractivity (Wildman–Crippen MR) is 128 cm³/mol. The molecule has 2 amide bonds. The maximum atomic E-state index is 13.4. The Bertz CT molecular complexity index is 894. The van der Waals surface area contributed by atoms with Crippen LogP contribution in [-0.4, -0.2) is 35.9 Å². The molecule has 2 aromatic carbocycles. The van der Waals surface area contributed by atoms with Crippen molar-refractivity contribution in [2.45, 2.75) is 70.5 Å². The molecule has 0 radical (unpaired) electrons. The molecular weight excluding hydrogens is 424 g/mol. The van der Waals surface area contributed by atoms with Crippen molar-refractivity contribution in [2.75, 3.05) is 7.11 Å². The molecule has 5 nitrogen and oxygen atoms in total. The quantitative estimate of drug-likeness (QED) is 0.567. The highest BCUT2D eigenvalue weighted by Gasteiger charge is 2.30. The number of rotatable bonds is 9. The third-order valence-electron chi connectivity index (χ3n) is 6.09. The van der Waals surface area contributed by atoms with Gasteiger partial charge in [0.15, 0.2) is 0 Å². The SMILES string of the molecule is CC[C@@H](C(=O)NC1CCCCC1)N(Cc1cccc(OC)c1)C(=O)Cc1ccc(Cl)cc1. The van der Waals surface area contributed by atoms with Crippen LogP contribution in [0, 0.1) is 0 Å². The lowest BCUT2D eigenvalue weighted by molar-refractivity contribution is -0.141. The minimum atomic E-state index is -0.525. The second-order valence-corrected chi connectivity index (χ2v) is 8.88. The van der Waals surface area contributed by atoms with Gasteiger partial charge in [-0.25, -0.2) is 0 Å². The molecule has 0 bridgehead atoms. The Morgan fingerprint density at radius 3 is 2.47 bits per heavy atom. The van der Waals surface area contributed by atoms with Crippen molar-refractivity contribution >= 4 is 23.4 Å². The molecule has 6 heteroatoms. The summed E-state index contributed by atoms with van der Waals surface area (Å²) >= 11 is 5.99. The molecule has 1 aliphatic rings. The van der Waals surface area contributed by atoms with Crippen molar-refractivity contribution in [2.24, 2.45) is 0 Å². The average molecular weight is 457 g/mol.